The molecule has 10 nitrogen and oxygen atoms in total. The Balaban J connectivity index is 1.73. The maximum atomic E-state index is 12.4. The average Bonchev–Trinajstić information content (AvgIpc) is 3.35. The average molecular weight is 441 g/mol. The lowest BCUT2D eigenvalue weighted by molar-refractivity contribution is 0.0501. The van der Waals surface area contributed by atoms with Crippen LogP contribution in [0.25, 0.3) is 11.3 Å². The van der Waals surface area contributed by atoms with Crippen LogP contribution in [0, 0.1) is 0 Å². The molecule has 3 N–H and O–H groups in total. The summed E-state index contributed by atoms with van der Waals surface area (Å²) in [4.78, 5) is 31.5. The summed E-state index contributed by atoms with van der Waals surface area (Å²) in [7, 11) is 3.13. The Hall–Kier alpha value is -3.82. The van der Waals surface area contributed by atoms with Crippen LogP contribution in [-0.2, 0) is 22.9 Å². The molecule has 0 radical (unpaired) electrons. The number of amides is 2. The number of methoxy groups -OCH3 is 1. The van der Waals surface area contributed by atoms with Gasteiger partial charge in [-0.2, -0.15) is 5.10 Å². The number of nitrogens with one attached hydrogen (secondary N) is 3. The van der Waals surface area contributed by atoms with Crippen molar-refractivity contribution in [2.45, 2.75) is 38.8 Å². The third-order valence-corrected chi connectivity index (χ3v) is 4.42. The van der Waals surface area contributed by atoms with Crippen molar-refractivity contribution in [2.24, 2.45) is 7.05 Å². The quantitative estimate of drug-likeness (QED) is 0.536. The molecule has 2 aromatic heterocycles. The van der Waals surface area contributed by atoms with Crippen molar-refractivity contribution in [1.29, 1.82) is 0 Å². The molecular formula is C22H28N6O4. The van der Waals surface area contributed by atoms with E-state index in [2.05, 4.69) is 30.4 Å². The second-order valence-electron chi connectivity index (χ2n) is 8.24. The first-order chi connectivity index (χ1) is 15.1. The molecule has 0 aliphatic heterocycles. The normalized spacial score (nSPS) is 12.2. The summed E-state index contributed by atoms with van der Waals surface area (Å²) in [6, 6.07) is 8.65. The minimum Gasteiger partial charge on any atom is -0.453 e. The Morgan fingerprint density at radius 2 is 1.88 bits per heavy atom. The van der Waals surface area contributed by atoms with E-state index in [1.807, 2.05) is 52.2 Å². The van der Waals surface area contributed by atoms with Gasteiger partial charge >= 0.3 is 12.2 Å². The van der Waals surface area contributed by atoms with E-state index >= 15 is 0 Å². The van der Waals surface area contributed by atoms with Gasteiger partial charge in [0.15, 0.2) is 0 Å². The van der Waals surface area contributed by atoms with Crippen LogP contribution in [0.4, 0.5) is 15.3 Å². The van der Waals surface area contributed by atoms with Crippen LogP contribution in [0.2, 0.25) is 0 Å². The Labute approximate surface area is 186 Å². The van der Waals surface area contributed by atoms with Gasteiger partial charge in [0, 0.05) is 37.1 Å². The highest BCUT2D eigenvalue weighted by molar-refractivity contribution is 5.84. The summed E-state index contributed by atoms with van der Waals surface area (Å²) in [5, 5.41) is 9.91. The third-order valence-electron chi connectivity index (χ3n) is 4.42. The van der Waals surface area contributed by atoms with Crippen LogP contribution >= 0.6 is 0 Å². The summed E-state index contributed by atoms with van der Waals surface area (Å²) < 4.78 is 11.7. The van der Waals surface area contributed by atoms with E-state index in [0.717, 1.165) is 11.3 Å². The van der Waals surface area contributed by atoms with Crippen molar-refractivity contribution >= 4 is 17.9 Å². The number of aromatic nitrogens is 4. The number of benzene rings is 1. The molecule has 0 saturated heterocycles. The van der Waals surface area contributed by atoms with Gasteiger partial charge in [0.2, 0.25) is 0 Å². The van der Waals surface area contributed by atoms with Crippen molar-refractivity contribution < 1.29 is 19.1 Å². The SMILES string of the molecule is COC(=O)Nc1ccc(-c2c[nH]c(C[C@H](NC(=O)OC(C)(C)C)c3ccn(C)n3)n2)cc1. The lowest BCUT2D eigenvalue weighted by Crippen LogP contribution is -2.36. The van der Waals surface area contributed by atoms with Gasteiger partial charge in [0.1, 0.15) is 11.4 Å². The van der Waals surface area contributed by atoms with Gasteiger partial charge in [0.05, 0.1) is 24.5 Å². The molecule has 32 heavy (non-hydrogen) atoms. The molecule has 1 aromatic carbocycles. The first kappa shape index (κ1) is 22.9. The van der Waals surface area contributed by atoms with Gasteiger partial charge in [-0.3, -0.25) is 10.00 Å². The van der Waals surface area contributed by atoms with Gasteiger partial charge in [-0.1, -0.05) is 12.1 Å². The third kappa shape index (κ3) is 6.34. The number of carbonyl (C=O) groups is 2. The van der Waals surface area contributed by atoms with E-state index < -0.39 is 23.8 Å². The number of nitrogens with zero attached hydrogens (tertiary/aromatic N) is 3. The monoisotopic (exact) mass is 440 g/mol. The number of H-pyrrole nitrogens is 1. The largest absolute Gasteiger partial charge is 0.453 e. The zero-order valence-electron chi connectivity index (χ0n) is 18.8. The Kier molecular flexibility index (Phi) is 6.82. The number of aromatic amines is 1. The number of ether oxygens (including phenoxy) is 2. The zero-order valence-corrected chi connectivity index (χ0v) is 18.8. The number of alkyl carbamates (subject to hydrolysis) is 1. The summed E-state index contributed by atoms with van der Waals surface area (Å²) in [6.45, 7) is 5.44. The molecule has 0 aliphatic carbocycles. The molecule has 0 bridgehead atoms. The molecule has 0 spiro atoms. The van der Waals surface area contributed by atoms with Crippen molar-refractivity contribution in [3.8, 4) is 11.3 Å². The Morgan fingerprint density at radius 3 is 2.47 bits per heavy atom. The van der Waals surface area contributed by atoms with Crippen molar-refractivity contribution in [3.05, 3.63) is 54.2 Å². The lowest BCUT2D eigenvalue weighted by atomic mass is 10.1. The van der Waals surface area contributed by atoms with Crippen LogP contribution in [0.1, 0.15) is 38.3 Å². The molecule has 1 atom stereocenters. The second-order valence-corrected chi connectivity index (χ2v) is 8.24. The van der Waals surface area contributed by atoms with Gasteiger partial charge < -0.3 is 19.8 Å². The van der Waals surface area contributed by atoms with Crippen molar-refractivity contribution in [1.82, 2.24) is 25.1 Å². The van der Waals surface area contributed by atoms with Crippen LogP contribution in [-0.4, -0.2) is 44.6 Å². The molecule has 10 heteroatoms. The van der Waals surface area contributed by atoms with E-state index in [-0.39, 0.29) is 0 Å². The number of hydrogen-bond acceptors (Lipinski definition) is 6. The zero-order chi connectivity index (χ0) is 23.3. The van der Waals surface area contributed by atoms with Crippen LogP contribution in [0.5, 0.6) is 0 Å². The second kappa shape index (κ2) is 9.54. The van der Waals surface area contributed by atoms with Gasteiger partial charge in [-0.05, 0) is 39.0 Å². The van der Waals surface area contributed by atoms with E-state index in [1.165, 1.54) is 7.11 Å². The standard InChI is InChI=1S/C22H28N6O4/c1-22(2,3)32-21(30)26-17(16-10-11-28(4)27-16)12-19-23-13-18(25-19)14-6-8-15(9-7-14)24-20(29)31-5/h6-11,13,17H,12H2,1-5H3,(H,23,25)(H,24,29)(H,26,30)/t17-/m0/s1. The fourth-order valence-electron chi connectivity index (χ4n) is 3.00. The maximum Gasteiger partial charge on any atom is 0.411 e. The molecule has 0 fully saturated rings. The Bertz CT molecular complexity index is 1060. The number of aryl methyl sites for hydroxylation is 1. The number of anilines is 1. The van der Waals surface area contributed by atoms with Crippen molar-refractivity contribution in [3.63, 3.8) is 0 Å². The molecular weight excluding hydrogens is 412 g/mol. The van der Waals surface area contributed by atoms with E-state index in [1.54, 1.807) is 23.0 Å². The summed E-state index contributed by atoms with van der Waals surface area (Å²) >= 11 is 0. The summed E-state index contributed by atoms with van der Waals surface area (Å²) in [5.74, 6) is 0.684. The van der Waals surface area contributed by atoms with Crippen LogP contribution in [0.15, 0.2) is 42.7 Å². The molecule has 0 aliphatic rings. The topological polar surface area (TPSA) is 123 Å². The minimum atomic E-state index is -0.606. The highest BCUT2D eigenvalue weighted by Gasteiger charge is 2.23. The van der Waals surface area contributed by atoms with Crippen molar-refractivity contribution in [2.75, 3.05) is 12.4 Å². The number of hydrogen-bond donors (Lipinski definition) is 3. The van der Waals surface area contributed by atoms with E-state index in [0.29, 0.717) is 23.6 Å². The van der Waals surface area contributed by atoms with Crippen LogP contribution < -0.4 is 10.6 Å². The molecule has 2 heterocycles. The number of imidazole rings is 1. The van der Waals surface area contributed by atoms with Gasteiger partial charge in [-0.15, -0.1) is 0 Å². The highest BCUT2D eigenvalue weighted by atomic mass is 16.6. The molecule has 3 rings (SSSR count). The van der Waals surface area contributed by atoms with Gasteiger partial charge in [-0.25, -0.2) is 14.6 Å². The minimum absolute atomic E-state index is 0.401. The molecule has 2 amide bonds. The predicted octanol–water partition coefficient (Wildman–Crippen LogP) is 3.80. The first-order valence-corrected chi connectivity index (χ1v) is 10.1. The van der Waals surface area contributed by atoms with E-state index in [4.69, 9.17) is 4.74 Å². The molecule has 3 aromatic rings. The maximum absolute atomic E-state index is 12.4. The van der Waals surface area contributed by atoms with E-state index in [9.17, 15) is 9.59 Å². The number of carbonyl (C=O) groups excluding carboxylic acids is 2. The lowest BCUT2D eigenvalue weighted by Gasteiger charge is -2.22. The highest BCUT2D eigenvalue weighted by Crippen LogP contribution is 2.22. The number of rotatable bonds is 6. The van der Waals surface area contributed by atoms with Crippen LogP contribution in [0.3, 0.4) is 0 Å². The summed E-state index contributed by atoms with van der Waals surface area (Å²) in [6.07, 6.45) is 2.96. The molecule has 170 valence electrons. The fourth-order valence-corrected chi connectivity index (χ4v) is 3.00. The Morgan fingerprint density at radius 1 is 1.16 bits per heavy atom. The first-order valence-electron chi connectivity index (χ1n) is 10.1. The fraction of sp³-hybridized carbons (Fsp3) is 0.364. The molecule has 0 unspecified atom stereocenters. The predicted molar refractivity (Wildman–Crippen MR) is 119 cm³/mol. The van der Waals surface area contributed by atoms with Gasteiger partial charge in [0.25, 0.3) is 0 Å². The smallest absolute Gasteiger partial charge is 0.411 e. The molecule has 0 saturated carbocycles. The summed E-state index contributed by atoms with van der Waals surface area (Å²) in [5.41, 5.74) is 2.33.